The SMILES string of the molecule is O=C1C(c2ccc(Cl)cc2)CCCN1O. The first kappa shape index (κ1) is 10.5. The van der Waals surface area contributed by atoms with Crippen LogP contribution in [0.15, 0.2) is 24.3 Å². The summed E-state index contributed by atoms with van der Waals surface area (Å²) in [5.41, 5.74) is 0.920. The number of amides is 1. The van der Waals surface area contributed by atoms with Gasteiger partial charge in [-0.05, 0) is 30.5 Å². The highest BCUT2D eigenvalue weighted by molar-refractivity contribution is 6.30. The van der Waals surface area contributed by atoms with Gasteiger partial charge < -0.3 is 0 Å². The van der Waals surface area contributed by atoms with Crippen molar-refractivity contribution in [2.24, 2.45) is 0 Å². The Balaban J connectivity index is 2.22. The lowest BCUT2D eigenvalue weighted by Gasteiger charge is -2.27. The highest BCUT2D eigenvalue weighted by Crippen LogP contribution is 2.28. The van der Waals surface area contributed by atoms with Gasteiger partial charge >= 0.3 is 0 Å². The Morgan fingerprint density at radius 3 is 2.67 bits per heavy atom. The number of hydrogen-bond acceptors (Lipinski definition) is 2. The summed E-state index contributed by atoms with van der Waals surface area (Å²) in [5.74, 6) is -0.440. The molecule has 15 heavy (non-hydrogen) atoms. The van der Waals surface area contributed by atoms with Crippen molar-refractivity contribution >= 4 is 17.5 Å². The molecule has 1 saturated heterocycles. The molecule has 1 aromatic carbocycles. The second-order valence-corrected chi connectivity index (χ2v) is 4.14. The first-order valence-corrected chi connectivity index (χ1v) is 5.32. The molecular formula is C11H12ClNO2. The molecule has 0 saturated carbocycles. The summed E-state index contributed by atoms with van der Waals surface area (Å²) in [6.45, 7) is 0.433. The summed E-state index contributed by atoms with van der Waals surface area (Å²) in [7, 11) is 0. The van der Waals surface area contributed by atoms with Crippen LogP contribution in [0, 0.1) is 0 Å². The van der Waals surface area contributed by atoms with Gasteiger partial charge in [-0.25, -0.2) is 5.06 Å². The molecule has 0 aromatic heterocycles. The van der Waals surface area contributed by atoms with Crippen LogP contribution in [-0.2, 0) is 4.79 Å². The molecular weight excluding hydrogens is 214 g/mol. The Hall–Kier alpha value is -1.06. The van der Waals surface area contributed by atoms with Crippen molar-refractivity contribution in [2.75, 3.05) is 6.54 Å². The maximum Gasteiger partial charge on any atom is 0.253 e. The fraction of sp³-hybridized carbons (Fsp3) is 0.364. The molecule has 4 heteroatoms. The summed E-state index contributed by atoms with van der Waals surface area (Å²) in [4.78, 5) is 11.7. The molecule has 1 aliphatic heterocycles. The van der Waals surface area contributed by atoms with E-state index in [-0.39, 0.29) is 11.8 Å². The topological polar surface area (TPSA) is 40.5 Å². The van der Waals surface area contributed by atoms with E-state index < -0.39 is 0 Å². The Morgan fingerprint density at radius 2 is 2.00 bits per heavy atom. The molecule has 1 aliphatic rings. The van der Waals surface area contributed by atoms with Crippen LogP contribution >= 0.6 is 11.6 Å². The van der Waals surface area contributed by atoms with Crippen molar-refractivity contribution in [1.29, 1.82) is 0 Å². The van der Waals surface area contributed by atoms with Crippen LogP contribution in [-0.4, -0.2) is 22.7 Å². The Morgan fingerprint density at radius 1 is 1.33 bits per heavy atom. The number of hydroxylamine groups is 2. The summed E-state index contributed by atoms with van der Waals surface area (Å²) in [5, 5.41) is 10.8. The molecule has 0 bridgehead atoms. The molecule has 80 valence electrons. The van der Waals surface area contributed by atoms with Crippen molar-refractivity contribution in [1.82, 2.24) is 5.06 Å². The van der Waals surface area contributed by atoms with E-state index in [4.69, 9.17) is 11.6 Å². The van der Waals surface area contributed by atoms with Crippen LogP contribution in [0.25, 0.3) is 0 Å². The van der Waals surface area contributed by atoms with Crippen LogP contribution in [0.1, 0.15) is 24.3 Å². The summed E-state index contributed by atoms with van der Waals surface area (Å²) in [6, 6.07) is 7.20. The number of rotatable bonds is 1. The maximum absolute atomic E-state index is 11.7. The smallest absolute Gasteiger partial charge is 0.253 e. The van der Waals surface area contributed by atoms with Gasteiger partial charge in [-0.15, -0.1) is 0 Å². The lowest BCUT2D eigenvalue weighted by Crippen LogP contribution is -2.37. The average molecular weight is 226 g/mol. The molecule has 1 atom stereocenters. The molecule has 3 nitrogen and oxygen atoms in total. The molecule has 0 aliphatic carbocycles. The Labute approximate surface area is 93.2 Å². The van der Waals surface area contributed by atoms with Crippen LogP contribution in [0.5, 0.6) is 0 Å². The highest BCUT2D eigenvalue weighted by Gasteiger charge is 2.28. The molecule has 0 spiro atoms. The van der Waals surface area contributed by atoms with E-state index >= 15 is 0 Å². The van der Waals surface area contributed by atoms with Gasteiger partial charge in [0.05, 0.1) is 5.92 Å². The standard InChI is InChI=1S/C11H12ClNO2/c12-9-5-3-8(4-6-9)10-2-1-7-13(15)11(10)14/h3-6,10,15H,1-2,7H2. The second-order valence-electron chi connectivity index (χ2n) is 3.71. The van der Waals surface area contributed by atoms with Crippen molar-refractivity contribution in [3.05, 3.63) is 34.9 Å². The lowest BCUT2D eigenvalue weighted by molar-refractivity contribution is -0.172. The van der Waals surface area contributed by atoms with Gasteiger partial charge in [0.1, 0.15) is 0 Å². The first-order valence-electron chi connectivity index (χ1n) is 4.94. The molecule has 0 radical (unpaired) electrons. The normalized spacial score (nSPS) is 21.9. The van der Waals surface area contributed by atoms with Gasteiger partial charge in [-0.2, -0.15) is 0 Å². The number of piperidine rings is 1. The third-order valence-corrected chi connectivity index (χ3v) is 2.94. The largest absolute Gasteiger partial charge is 0.286 e. The Bertz CT molecular complexity index is 363. The molecule has 1 fully saturated rings. The first-order chi connectivity index (χ1) is 7.18. The fourth-order valence-corrected chi connectivity index (χ4v) is 1.99. The van der Waals surface area contributed by atoms with Crippen LogP contribution in [0.2, 0.25) is 5.02 Å². The molecule has 1 N–H and O–H groups in total. The van der Waals surface area contributed by atoms with Gasteiger partial charge in [0, 0.05) is 11.6 Å². The zero-order valence-corrected chi connectivity index (χ0v) is 8.94. The van der Waals surface area contributed by atoms with Gasteiger partial charge in [0.2, 0.25) is 0 Å². The third-order valence-electron chi connectivity index (χ3n) is 2.69. The third kappa shape index (κ3) is 2.13. The minimum atomic E-state index is -0.221. The van der Waals surface area contributed by atoms with Crippen LogP contribution < -0.4 is 0 Å². The zero-order valence-electron chi connectivity index (χ0n) is 8.19. The van der Waals surface area contributed by atoms with Gasteiger partial charge in [-0.3, -0.25) is 10.0 Å². The summed E-state index contributed by atoms with van der Waals surface area (Å²) in [6.07, 6.45) is 1.62. The van der Waals surface area contributed by atoms with Gasteiger partial charge in [0.25, 0.3) is 5.91 Å². The molecule has 1 aromatic rings. The van der Waals surface area contributed by atoms with Gasteiger partial charge in [0.15, 0.2) is 0 Å². The summed E-state index contributed by atoms with van der Waals surface area (Å²) < 4.78 is 0. The number of carbonyl (C=O) groups is 1. The maximum atomic E-state index is 11.7. The van der Waals surface area contributed by atoms with E-state index in [1.54, 1.807) is 12.1 Å². The van der Waals surface area contributed by atoms with E-state index in [0.29, 0.717) is 11.6 Å². The minimum Gasteiger partial charge on any atom is -0.286 e. The van der Waals surface area contributed by atoms with Crippen molar-refractivity contribution < 1.29 is 10.0 Å². The minimum absolute atomic E-state index is 0.219. The van der Waals surface area contributed by atoms with Crippen LogP contribution in [0.4, 0.5) is 0 Å². The van der Waals surface area contributed by atoms with Crippen LogP contribution in [0.3, 0.4) is 0 Å². The fourth-order valence-electron chi connectivity index (χ4n) is 1.86. The van der Waals surface area contributed by atoms with E-state index in [0.717, 1.165) is 23.5 Å². The van der Waals surface area contributed by atoms with E-state index in [1.165, 1.54) is 0 Å². The number of nitrogens with zero attached hydrogens (tertiary/aromatic N) is 1. The number of carbonyl (C=O) groups excluding carboxylic acids is 1. The molecule has 1 heterocycles. The molecule has 2 rings (SSSR count). The summed E-state index contributed by atoms with van der Waals surface area (Å²) >= 11 is 5.77. The predicted molar refractivity (Wildman–Crippen MR) is 56.9 cm³/mol. The molecule has 1 amide bonds. The van der Waals surface area contributed by atoms with E-state index in [9.17, 15) is 10.0 Å². The number of benzene rings is 1. The number of hydrogen-bond donors (Lipinski definition) is 1. The van der Waals surface area contributed by atoms with Crippen molar-refractivity contribution in [3.63, 3.8) is 0 Å². The second kappa shape index (κ2) is 4.21. The molecule has 1 unspecified atom stereocenters. The van der Waals surface area contributed by atoms with E-state index in [2.05, 4.69) is 0 Å². The zero-order chi connectivity index (χ0) is 10.8. The van der Waals surface area contributed by atoms with Gasteiger partial charge in [-0.1, -0.05) is 23.7 Å². The quantitative estimate of drug-likeness (QED) is 0.746. The van der Waals surface area contributed by atoms with Crippen molar-refractivity contribution in [2.45, 2.75) is 18.8 Å². The van der Waals surface area contributed by atoms with E-state index in [1.807, 2.05) is 12.1 Å². The average Bonchev–Trinajstić information content (AvgIpc) is 2.24. The van der Waals surface area contributed by atoms with Crippen molar-refractivity contribution in [3.8, 4) is 0 Å². The Kier molecular flexibility index (Phi) is 2.93. The highest BCUT2D eigenvalue weighted by atomic mass is 35.5. The monoisotopic (exact) mass is 225 g/mol. The number of halogens is 1. The predicted octanol–water partition coefficient (Wildman–Crippen LogP) is 2.44. The lowest BCUT2D eigenvalue weighted by atomic mass is 9.91.